The van der Waals surface area contributed by atoms with Crippen molar-refractivity contribution in [2.45, 2.75) is 37.4 Å². The average molecular weight is 480 g/mol. The molecule has 4 aromatic rings. The van der Waals surface area contributed by atoms with Crippen LogP contribution in [0.15, 0.2) is 55.0 Å². The molecule has 180 valence electrons. The van der Waals surface area contributed by atoms with Gasteiger partial charge in [0, 0.05) is 42.1 Å². The van der Waals surface area contributed by atoms with Gasteiger partial charge in [-0.05, 0) is 61.1 Å². The van der Waals surface area contributed by atoms with Crippen LogP contribution < -0.4 is 10.2 Å². The van der Waals surface area contributed by atoms with Gasteiger partial charge in [0.25, 0.3) is 0 Å². The zero-order valence-electron chi connectivity index (χ0n) is 19.5. The summed E-state index contributed by atoms with van der Waals surface area (Å²) in [4.78, 5) is 20.8. The number of benzene rings is 1. The second-order valence-corrected chi connectivity index (χ2v) is 9.38. The zero-order valence-corrected chi connectivity index (χ0v) is 19.5. The topological polar surface area (TPSA) is 131 Å². The number of nitriles is 1. The van der Waals surface area contributed by atoms with Gasteiger partial charge >= 0.3 is 0 Å². The normalized spacial score (nSPS) is 19.8. The second kappa shape index (κ2) is 9.15. The first kappa shape index (κ1) is 22.3. The Labute approximate surface area is 208 Å². The summed E-state index contributed by atoms with van der Waals surface area (Å²) >= 11 is 0. The molecule has 4 heterocycles. The van der Waals surface area contributed by atoms with Crippen LogP contribution in [-0.4, -0.2) is 55.4 Å². The van der Waals surface area contributed by atoms with Crippen molar-refractivity contribution in [1.82, 2.24) is 19.9 Å². The molecule has 36 heavy (non-hydrogen) atoms. The Morgan fingerprint density at radius 1 is 1.03 bits per heavy atom. The molecule has 0 unspecified atom stereocenters. The Morgan fingerprint density at radius 3 is 2.72 bits per heavy atom. The van der Waals surface area contributed by atoms with Crippen LogP contribution in [0.2, 0.25) is 0 Å². The molecule has 2 fully saturated rings. The third kappa shape index (κ3) is 4.33. The molecule has 0 radical (unpaired) electrons. The molecule has 1 saturated heterocycles. The van der Waals surface area contributed by atoms with E-state index >= 15 is 0 Å². The van der Waals surface area contributed by atoms with E-state index in [0.29, 0.717) is 42.6 Å². The second-order valence-electron chi connectivity index (χ2n) is 9.38. The minimum Gasteiger partial charge on any atom is -0.390 e. The van der Waals surface area contributed by atoms with Crippen LogP contribution >= 0.6 is 0 Å². The van der Waals surface area contributed by atoms with Crippen molar-refractivity contribution in [3.8, 4) is 17.5 Å². The van der Waals surface area contributed by atoms with E-state index in [-0.39, 0.29) is 0 Å². The number of hydrogen-bond acceptors (Lipinski definition) is 9. The monoisotopic (exact) mass is 479 g/mol. The van der Waals surface area contributed by atoms with Gasteiger partial charge in [-0.25, -0.2) is 15.0 Å². The predicted octanol–water partition coefficient (Wildman–Crippen LogP) is 3.51. The van der Waals surface area contributed by atoms with Gasteiger partial charge in [-0.2, -0.15) is 5.26 Å². The number of aromatic nitrogens is 4. The van der Waals surface area contributed by atoms with E-state index in [1.54, 1.807) is 24.5 Å². The molecule has 0 bridgehead atoms. The molecule has 0 amide bonds. The summed E-state index contributed by atoms with van der Waals surface area (Å²) in [6, 6.07) is 13.1. The summed E-state index contributed by atoms with van der Waals surface area (Å²) < 4.78 is 0. The largest absolute Gasteiger partial charge is 0.390 e. The maximum Gasteiger partial charge on any atom is 0.162 e. The van der Waals surface area contributed by atoms with Crippen LogP contribution in [0, 0.1) is 11.3 Å². The Kier molecular flexibility index (Phi) is 5.68. The Bertz CT molecular complexity index is 1480. The van der Waals surface area contributed by atoms with Crippen LogP contribution in [-0.2, 0) is 0 Å². The summed E-state index contributed by atoms with van der Waals surface area (Å²) in [7, 11) is 0. The molecular weight excluding hydrogens is 454 g/mol. The van der Waals surface area contributed by atoms with E-state index in [9.17, 15) is 15.5 Å². The maximum absolute atomic E-state index is 10.4. The van der Waals surface area contributed by atoms with E-state index in [1.165, 1.54) is 0 Å². The van der Waals surface area contributed by atoms with Gasteiger partial charge in [-0.1, -0.05) is 6.07 Å². The number of fused-ring (bicyclic) bond motifs is 1. The lowest BCUT2D eigenvalue weighted by Crippen LogP contribution is -2.47. The number of nitrogens with zero attached hydrogens (tertiary/aromatic N) is 6. The van der Waals surface area contributed by atoms with Crippen LogP contribution in [0.25, 0.3) is 22.3 Å². The van der Waals surface area contributed by atoms with E-state index in [4.69, 9.17) is 9.97 Å². The van der Waals surface area contributed by atoms with E-state index in [2.05, 4.69) is 21.4 Å². The van der Waals surface area contributed by atoms with Crippen molar-refractivity contribution in [2.75, 3.05) is 23.3 Å². The molecule has 9 heteroatoms. The lowest BCUT2D eigenvalue weighted by atomic mass is 10.0. The minimum absolute atomic E-state index is 0.303. The first-order chi connectivity index (χ1) is 17.6. The molecular formula is C27H25N7O2. The molecule has 1 aliphatic carbocycles. The minimum atomic E-state index is -0.834. The van der Waals surface area contributed by atoms with Crippen molar-refractivity contribution < 1.29 is 10.2 Å². The van der Waals surface area contributed by atoms with Crippen LogP contribution in [0.4, 0.5) is 17.3 Å². The molecule has 0 spiro atoms. The molecule has 1 aliphatic heterocycles. The standard InChI is InChI=1S/C27H25N7O2/c28-12-16-2-1-3-19(10-16)31-24-11-18(6-8-30-24)26-32-21-14-29-13-20(17-4-5-17)25(21)27(33-26)34-9-7-22(35)23(36)15-34/h1-3,6,8,10-11,13-14,17,22-23,35-36H,4-5,7,9,15H2,(H,30,31)/t22-,23+/m0/s1. The number of β-amino-alcohol motifs (C(OH)–C–C–N with tert-alkyl or cyclic N) is 1. The zero-order chi connectivity index (χ0) is 24.6. The van der Waals surface area contributed by atoms with Crippen molar-refractivity contribution in [1.29, 1.82) is 5.26 Å². The van der Waals surface area contributed by atoms with Gasteiger partial charge in [-0.15, -0.1) is 0 Å². The van der Waals surface area contributed by atoms with E-state index in [0.717, 1.165) is 46.4 Å². The maximum atomic E-state index is 10.4. The first-order valence-electron chi connectivity index (χ1n) is 12.1. The lowest BCUT2D eigenvalue weighted by molar-refractivity contribution is 0.00792. The van der Waals surface area contributed by atoms with E-state index < -0.39 is 12.2 Å². The van der Waals surface area contributed by atoms with Crippen molar-refractivity contribution in [3.63, 3.8) is 0 Å². The van der Waals surface area contributed by atoms with Gasteiger partial charge < -0.3 is 20.4 Å². The molecule has 9 nitrogen and oxygen atoms in total. The predicted molar refractivity (Wildman–Crippen MR) is 136 cm³/mol. The highest BCUT2D eigenvalue weighted by Gasteiger charge is 2.32. The number of aliphatic hydroxyl groups excluding tert-OH is 2. The lowest BCUT2D eigenvalue weighted by Gasteiger charge is -2.35. The number of nitrogens with one attached hydrogen (secondary N) is 1. The summed E-state index contributed by atoms with van der Waals surface area (Å²) in [5, 5.41) is 33.9. The highest BCUT2D eigenvalue weighted by molar-refractivity contribution is 5.94. The van der Waals surface area contributed by atoms with Crippen molar-refractivity contribution in [3.05, 3.63) is 66.1 Å². The quantitative estimate of drug-likeness (QED) is 0.393. The smallest absolute Gasteiger partial charge is 0.162 e. The first-order valence-corrected chi connectivity index (χ1v) is 12.1. The molecule has 1 aromatic carbocycles. The summed E-state index contributed by atoms with van der Waals surface area (Å²) in [6.45, 7) is 0.895. The van der Waals surface area contributed by atoms with Crippen LogP contribution in [0.5, 0.6) is 0 Å². The van der Waals surface area contributed by atoms with Crippen LogP contribution in [0.1, 0.15) is 36.3 Å². The fourth-order valence-corrected chi connectivity index (χ4v) is 4.71. The molecule has 3 N–H and O–H groups in total. The summed E-state index contributed by atoms with van der Waals surface area (Å²) in [5.74, 6) is 2.35. The number of hydrogen-bond donors (Lipinski definition) is 3. The SMILES string of the molecule is N#Cc1cccc(Nc2cc(-c3nc(N4CC[C@H](O)[C@H](O)C4)c4c(C5CC5)cncc4n3)ccn2)c1. The third-order valence-electron chi connectivity index (χ3n) is 6.76. The molecule has 1 saturated carbocycles. The van der Waals surface area contributed by atoms with Gasteiger partial charge in [-0.3, -0.25) is 4.98 Å². The third-order valence-corrected chi connectivity index (χ3v) is 6.76. The average Bonchev–Trinajstić information content (AvgIpc) is 3.75. The molecule has 2 atom stereocenters. The number of anilines is 3. The van der Waals surface area contributed by atoms with Crippen LogP contribution in [0.3, 0.4) is 0 Å². The number of rotatable bonds is 5. The van der Waals surface area contributed by atoms with Gasteiger partial charge in [0.15, 0.2) is 5.82 Å². The molecule has 3 aromatic heterocycles. The number of aliphatic hydroxyl groups is 2. The van der Waals surface area contributed by atoms with Gasteiger partial charge in [0.1, 0.15) is 11.6 Å². The fraction of sp³-hybridized carbons (Fsp3) is 0.296. The van der Waals surface area contributed by atoms with Gasteiger partial charge in [0.05, 0.1) is 35.6 Å². The summed E-state index contributed by atoms with van der Waals surface area (Å²) in [5.41, 5.74) is 4.00. The molecule has 2 aliphatic rings. The van der Waals surface area contributed by atoms with Crippen molar-refractivity contribution >= 4 is 28.2 Å². The Morgan fingerprint density at radius 2 is 1.92 bits per heavy atom. The highest BCUT2D eigenvalue weighted by atomic mass is 16.3. The summed E-state index contributed by atoms with van der Waals surface area (Å²) in [6.07, 6.45) is 6.51. The number of piperidine rings is 1. The Hall–Kier alpha value is -4.13. The number of pyridine rings is 2. The van der Waals surface area contributed by atoms with Crippen molar-refractivity contribution in [2.24, 2.45) is 0 Å². The van der Waals surface area contributed by atoms with E-state index in [1.807, 2.05) is 35.4 Å². The Balaban J connectivity index is 1.42. The highest BCUT2D eigenvalue weighted by Crippen LogP contribution is 2.45. The van der Waals surface area contributed by atoms with Gasteiger partial charge in [0.2, 0.25) is 0 Å². The molecule has 6 rings (SSSR count). The fourth-order valence-electron chi connectivity index (χ4n) is 4.71.